The average molecular weight is 339 g/mol. The van der Waals surface area contributed by atoms with E-state index in [-0.39, 0.29) is 17.6 Å². The van der Waals surface area contributed by atoms with Crippen LogP contribution in [0.25, 0.3) is 0 Å². The van der Waals surface area contributed by atoms with Crippen LogP contribution >= 0.6 is 11.8 Å². The van der Waals surface area contributed by atoms with Gasteiger partial charge < -0.3 is 5.32 Å². The minimum absolute atomic E-state index is 0.107. The second kappa shape index (κ2) is 8.51. The standard InChI is InChI=1S/C19H21N3OS/c1-4-14-5-8-16(9-6-14)21-18(23)12-24-19-15(11-20)7-10-17(22-19)13(2)3/h5-10,13H,4,12H2,1-3H3,(H,21,23). The fourth-order valence-electron chi connectivity index (χ4n) is 2.13. The number of nitriles is 1. The summed E-state index contributed by atoms with van der Waals surface area (Å²) in [6, 6.07) is 13.6. The second-order valence-electron chi connectivity index (χ2n) is 5.74. The van der Waals surface area contributed by atoms with Crippen LogP contribution in [0.15, 0.2) is 41.4 Å². The molecule has 0 unspecified atom stereocenters. The van der Waals surface area contributed by atoms with Gasteiger partial charge in [0.15, 0.2) is 0 Å². The maximum absolute atomic E-state index is 12.1. The van der Waals surface area contributed by atoms with Crippen molar-refractivity contribution in [2.45, 2.75) is 38.1 Å². The number of nitrogens with one attached hydrogen (secondary N) is 1. The highest BCUT2D eigenvalue weighted by Gasteiger charge is 2.11. The molecule has 0 spiro atoms. The summed E-state index contributed by atoms with van der Waals surface area (Å²) in [5.74, 6) is 0.395. The Labute approximate surface area is 147 Å². The number of anilines is 1. The smallest absolute Gasteiger partial charge is 0.234 e. The molecule has 1 aromatic carbocycles. The third-order valence-electron chi connectivity index (χ3n) is 3.58. The molecule has 0 atom stereocenters. The number of carbonyl (C=O) groups is 1. The zero-order valence-corrected chi connectivity index (χ0v) is 15.0. The zero-order valence-electron chi connectivity index (χ0n) is 14.2. The highest BCUT2D eigenvalue weighted by atomic mass is 32.2. The van der Waals surface area contributed by atoms with Crippen molar-refractivity contribution in [2.24, 2.45) is 0 Å². The molecule has 1 amide bonds. The van der Waals surface area contributed by atoms with Crippen molar-refractivity contribution in [1.29, 1.82) is 5.26 Å². The fourth-order valence-corrected chi connectivity index (χ4v) is 2.91. The van der Waals surface area contributed by atoms with Crippen molar-refractivity contribution in [3.8, 4) is 6.07 Å². The Morgan fingerprint density at radius 3 is 2.54 bits per heavy atom. The topological polar surface area (TPSA) is 65.8 Å². The van der Waals surface area contributed by atoms with Gasteiger partial charge >= 0.3 is 0 Å². The summed E-state index contributed by atoms with van der Waals surface area (Å²) in [7, 11) is 0. The van der Waals surface area contributed by atoms with Gasteiger partial charge in [0, 0.05) is 11.4 Å². The van der Waals surface area contributed by atoms with Crippen LogP contribution < -0.4 is 5.32 Å². The van der Waals surface area contributed by atoms with Crippen molar-refractivity contribution in [1.82, 2.24) is 4.98 Å². The van der Waals surface area contributed by atoms with Crippen molar-refractivity contribution in [3.05, 3.63) is 53.2 Å². The van der Waals surface area contributed by atoms with Crippen LogP contribution in [0.2, 0.25) is 0 Å². The van der Waals surface area contributed by atoms with Crippen molar-refractivity contribution in [3.63, 3.8) is 0 Å². The number of nitrogens with zero attached hydrogens (tertiary/aromatic N) is 2. The molecule has 0 aliphatic rings. The van der Waals surface area contributed by atoms with Crippen LogP contribution in [-0.4, -0.2) is 16.6 Å². The molecule has 0 radical (unpaired) electrons. The lowest BCUT2D eigenvalue weighted by Gasteiger charge is -2.09. The van der Waals surface area contributed by atoms with Gasteiger partial charge in [-0.2, -0.15) is 5.26 Å². The first kappa shape index (κ1) is 18.0. The normalized spacial score (nSPS) is 10.5. The highest BCUT2D eigenvalue weighted by Crippen LogP contribution is 2.23. The van der Waals surface area contributed by atoms with E-state index in [0.717, 1.165) is 17.8 Å². The molecule has 124 valence electrons. The van der Waals surface area contributed by atoms with E-state index in [4.69, 9.17) is 0 Å². The summed E-state index contributed by atoms with van der Waals surface area (Å²) in [6.45, 7) is 6.19. The van der Waals surface area contributed by atoms with Gasteiger partial charge in [0.05, 0.1) is 11.3 Å². The summed E-state index contributed by atoms with van der Waals surface area (Å²) < 4.78 is 0. The summed E-state index contributed by atoms with van der Waals surface area (Å²) in [4.78, 5) is 16.6. The molecule has 5 heteroatoms. The average Bonchev–Trinajstić information content (AvgIpc) is 2.60. The van der Waals surface area contributed by atoms with Gasteiger partial charge in [0.2, 0.25) is 5.91 Å². The number of benzene rings is 1. The Hall–Kier alpha value is -2.32. The minimum Gasteiger partial charge on any atom is -0.325 e. The first-order valence-corrected chi connectivity index (χ1v) is 8.94. The number of hydrogen-bond acceptors (Lipinski definition) is 4. The van der Waals surface area contributed by atoms with E-state index in [0.29, 0.717) is 10.6 Å². The molecule has 0 bridgehead atoms. The molecule has 0 aliphatic heterocycles. The molecule has 2 rings (SSSR count). The van der Waals surface area contributed by atoms with Crippen LogP contribution in [0, 0.1) is 11.3 Å². The number of carbonyl (C=O) groups excluding carboxylic acids is 1. The maximum Gasteiger partial charge on any atom is 0.234 e. The third-order valence-corrected chi connectivity index (χ3v) is 4.57. The first-order chi connectivity index (χ1) is 11.5. The number of pyridine rings is 1. The quantitative estimate of drug-likeness (QED) is 0.794. The van der Waals surface area contributed by atoms with Crippen LogP contribution in [-0.2, 0) is 11.2 Å². The lowest BCUT2D eigenvalue weighted by molar-refractivity contribution is -0.113. The molecule has 1 heterocycles. The van der Waals surface area contributed by atoms with E-state index < -0.39 is 0 Å². The number of aromatic nitrogens is 1. The summed E-state index contributed by atoms with van der Waals surface area (Å²) in [6.07, 6.45) is 0.971. The van der Waals surface area contributed by atoms with E-state index in [1.165, 1.54) is 17.3 Å². The largest absolute Gasteiger partial charge is 0.325 e. The molecule has 0 fully saturated rings. The van der Waals surface area contributed by atoms with Gasteiger partial charge in [-0.25, -0.2) is 4.98 Å². The van der Waals surface area contributed by atoms with Gasteiger partial charge in [-0.05, 0) is 42.2 Å². The second-order valence-corrected chi connectivity index (χ2v) is 6.71. The predicted octanol–water partition coefficient (Wildman–Crippen LogP) is 4.37. The summed E-state index contributed by atoms with van der Waals surface area (Å²) >= 11 is 1.29. The highest BCUT2D eigenvalue weighted by molar-refractivity contribution is 8.00. The number of amides is 1. The van der Waals surface area contributed by atoms with Crippen LogP contribution in [0.5, 0.6) is 0 Å². The minimum atomic E-state index is -0.107. The molecule has 0 saturated carbocycles. The van der Waals surface area contributed by atoms with Gasteiger partial charge in [-0.1, -0.05) is 44.7 Å². The number of rotatable bonds is 6. The molecule has 0 saturated heterocycles. The lowest BCUT2D eigenvalue weighted by Crippen LogP contribution is -2.14. The predicted molar refractivity (Wildman–Crippen MR) is 98.2 cm³/mol. The summed E-state index contributed by atoms with van der Waals surface area (Å²) in [5, 5.41) is 12.7. The van der Waals surface area contributed by atoms with Gasteiger partial charge in [0.1, 0.15) is 11.1 Å². The molecule has 24 heavy (non-hydrogen) atoms. The van der Waals surface area contributed by atoms with Gasteiger partial charge in [0.25, 0.3) is 0 Å². The first-order valence-electron chi connectivity index (χ1n) is 7.96. The fraction of sp³-hybridized carbons (Fsp3) is 0.316. The lowest BCUT2D eigenvalue weighted by atomic mass is 10.1. The summed E-state index contributed by atoms with van der Waals surface area (Å²) in [5.41, 5.74) is 3.44. The Balaban J connectivity index is 2.00. The van der Waals surface area contributed by atoms with E-state index >= 15 is 0 Å². The van der Waals surface area contributed by atoms with Crippen molar-refractivity contribution in [2.75, 3.05) is 11.1 Å². The van der Waals surface area contributed by atoms with Gasteiger partial charge in [-0.3, -0.25) is 4.79 Å². The third kappa shape index (κ3) is 4.84. The Morgan fingerprint density at radius 2 is 1.96 bits per heavy atom. The zero-order chi connectivity index (χ0) is 17.5. The molecule has 1 aromatic heterocycles. The number of hydrogen-bond donors (Lipinski definition) is 1. The maximum atomic E-state index is 12.1. The van der Waals surface area contributed by atoms with Crippen LogP contribution in [0.1, 0.15) is 43.5 Å². The van der Waals surface area contributed by atoms with Crippen molar-refractivity contribution < 1.29 is 4.79 Å². The van der Waals surface area contributed by atoms with E-state index in [1.807, 2.05) is 30.3 Å². The van der Waals surface area contributed by atoms with Crippen LogP contribution in [0.3, 0.4) is 0 Å². The Bertz CT molecular complexity index is 748. The number of thioether (sulfide) groups is 1. The Kier molecular flexibility index (Phi) is 6.39. The Morgan fingerprint density at radius 1 is 1.25 bits per heavy atom. The molecular weight excluding hydrogens is 318 g/mol. The van der Waals surface area contributed by atoms with Crippen molar-refractivity contribution >= 4 is 23.4 Å². The molecule has 4 nitrogen and oxygen atoms in total. The SMILES string of the molecule is CCc1ccc(NC(=O)CSc2nc(C(C)C)ccc2C#N)cc1. The van der Waals surface area contributed by atoms with Crippen LogP contribution in [0.4, 0.5) is 5.69 Å². The molecule has 2 aromatic rings. The van der Waals surface area contributed by atoms with E-state index in [9.17, 15) is 10.1 Å². The number of aryl methyl sites for hydroxylation is 1. The monoisotopic (exact) mass is 339 g/mol. The van der Waals surface area contributed by atoms with E-state index in [1.54, 1.807) is 6.07 Å². The molecule has 0 aliphatic carbocycles. The van der Waals surface area contributed by atoms with E-state index in [2.05, 4.69) is 37.1 Å². The van der Waals surface area contributed by atoms with Gasteiger partial charge in [-0.15, -0.1) is 0 Å². The molecular formula is C19H21N3OS. The molecule has 1 N–H and O–H groups in total.